The number of methoxy groups -OCH3 is 1. The van der Waals surface area contributed by atoms with E-state index < -0.39 is 11.6 Å². The van der Waals surface area contributed by atoms with Crippen molar-refractivity contribution in [2.45, 2.75) is 110 Å². The third-order valence-electron chi connectivity index (χ3n) is 16.6. The highest BCUT2D eigenvalue weighted by Crippen LogP contribution is 2.48. The maximum atomic E-state index is 12.8. The highest BCUT2D eigenvalue weighted by atomic mass is 16.5. The zero-order chi connectivity index (χ0) is 62.3. The van der Waals surface area contributed by atoms with E-state index in [2.05, 4.69) is 150 Å². The molecule has 0 aromatic heterocycles. The molecule has 0 saturated carbocycles. The first-order valence-corrected chi connectivity index (χ1v) is 30.6. The van der Waals surface area contributed by atoms with Crippen LogP contribution in [0.25, 0.3) is 21.5 Å². The molecule has 14 heteroatoms. The highest BCUT2D eigenvalue weighted by molar-refractivity contribution is 6.10. The van der Waals surface area contributed by atoms with Crippen molar-refractivity contribution in [2.24, 2.45) is 0 Å². The molecule has 3 heterocycles. The number of unbranched alkanes of at least 4 members (excludes halogenated alkanes) is 1. The van der Waals surface area contributed by atoms with Gasteiger partial charge in [0.05, 0.1) is 11.8 Å². The molecule has 12 N–H and O–H groups in total. The molecule has 0 fully saturated rings. The maximum absolute atomic E-state index is 12.8. The van der Waals surface area contributed by atoms with E-state index in [0.717, 1.165) is 102 Å². The first-order chi connectivity index (χ1) is 41.8. The summed E-state index contributed by atoms with van der Waals surface area (Å²) in [5.74, 6) is -0.562. The van der Waals surface area contributed by atoms with Gasteiger partial charge in [-0.05, 0) is 138 Å². The van der Waals surface area contributed by atoms with E-state index in [1.54, 1.807) is 14.2 Å². The molecule has 7 aromatic rings. The van der Waals surface area contributed by atoms with Gasteiger partial charge in [0.2, 0.25) is 11.6 Å². The summed E-state index contributed by atoms with van der Waals surface area (Å²) in [6.45, 7) is 19.0. The normalized spacial score (nSPS) is 17.7. The number of benzene rings is 7. The van der Waals surface area contributed by atoms with Crippen molar-refractivity contribution < 1.29 is 23.6 Å². The number of fused-ring (bicyclic) bond motifs is 3. The molecule has 0 bridgehead atoms. The number of para-hydroxylation sites is 3. The Kier molecular flexibility index (Phi) is 21.3. The number of likely N-dealkylation sites (N-methyl/N-ethyl adjacent to an activating group) is 1. The summed E-state index contributed by atoms with van der Waals surface area (Å²) in [5.41, 5.74) is 39.0. The van der Waals surface area contributed by atoms with Gasteiger partial charge in [0.15, 0.2) is 5.71 Å². The van der Waals surface area contributed by atoms with E-state index in [4.69, 9.17) is 27.7 Å². The summed E-state index contributed by atoms with van der Waals surface area (Å²) in [7, 11) is 3.25. The van der Waals surface area contributed by atoms with Crippen LogP contribution in [0.1, 0.15) is 105 Å². The molecule has 1 unspecified atom stereocenters. The molecule has 3 aliphatic heterocycles. The molecule has 0 radical (unpaired) electrons. The number of nitrogens with one attached hydrogen (secondary N) is 4. The predicted octanol–water partition coefficient (Wildman–Crippen LogP) is 14.0. The van der Waals surface area contributed by atoms with Gasteiger partial charge in [-0.25, -0.2) is 0 Å². The number of allylic oxidation sites excluding steroid dienone is 7. The number of nitrogens with two attached hydrogens (primary N) is 4. The monoisotopic (exact) mass is 1170 g/mol. The maximum Gasteiger partial charge on any atom is 0.306 e. The number of hydrogen-bond acceptors (Lipinski definition) is 12. The number of hydrogen-bond donors (Lipinski definition) is 8. The lowest BCUT2D eigenvalue weighted by molar-refractivity contribution is -0.433. The number of carbonyl (C=O) groups excluding carboxylic acids is 2. The second-order valence-electron chi connectivity index (χ2n) is 23.8. The largest absolute Gasteiger partial charge is 0.461 e. The topological polar surface area (TPSA) is 211 Å². The van der Waals surface area contributed by atoms with Gasteiger partial charge in [-0.3, -0.25) is 9.59 Å². The number of esters is 1. The second kappa shape index (κ2) is 28.9. The number of amides is 1. The first-order valence-electron chi connectivity index (χ1n) is 30.6. The molecule has 1 aliphatic carbocycles. The van der Waals surface area contributed by atoms with Gasteiger partial charge in [0, 0.05) is 136 Å². The second-order valence-corrected chi connectivity index (χ2v) is 23.8. The molecule has 1 atom stereocenters. The Morgan fingerprint density at radius 3 is 1.91 bits per heavy atom. The van der Waals surface area contributed by atoms with E-state index in [1.807, 2.05) is 104 Å². The summed E-state index contributed by atoms with van der Waals surface area (Å²) < 4.78 is 12.4. The minimum Gasteiger partial charge on any atom is -0.461 e. The fourth-order valence-corrected chi connectivity index (χ4v) is 12.2. The third kappa shape index (κ3) is 15.0. The number of carbonyl (C=O) groups is 2. The van der Waals surface area contributed by atoms with Crippen LogP contribution in [0.4, 0.5) is 45.5 Å². The quantitative estimate of drug-likeness (QED) is 0.0197. The fraction of sp³-hybridized carbons (Fsp3) is 0.329. The first kappa shape index (κ1) is 64.0. The summed E-state index contributed by atoms with van der Waals surface area (Å²) >= 11 is 0. The molecule has 87 heavy (non-hydrogen) atoms. The van der Waals surface area contributed by atoms with Crippen molar-refractivity contribution >= 4 is 84.6 Å². The third-order valence-corrected chi connectivity index (χ3v) is 16.6. The average Bonchev–Trinajstić information content (AvgIpc) is 1.84. The van der Waals surface area contributed by atoms with Crippen LogP contribution in [0.2, 0.25) is 0 Å². The zero-order valence-electron chi connectivity index (χ0n) is 52.5. The van der Waals surface area contributed by atoms with Crippen LogP contribution in [0.15, 0.2) is 192 Å². The van der Waals surface area contributed by atoms with Gasteiger partial charge in [-0.1, -0.05) is 117 Å². The van der Waals surface area contributed by atoms with E-state index in [0.29, 0.717) is 12.2 Å². The molecule has 456 valence electrons. The van der Waals surface area contributed by atoms with Crippen molar-refractivity contribution in [3.8, 4) is 0 Å². The Labute approximate surface area is 515 Å². The number of anilines is 7. The average molecular weight is 1170 g/mol. The highest BCUT2D eigenvalue weighted by Gasteiger charge is 2.44. The van der Waals surface area contributed by atoms with Crippen LogP contribution in [0.5, 0.6) is 0 Å². The van der Waals surface area contributed by atoms with Gasteiger partial charge < -0.3 is 58.6 Å². The zero-order valence-corrected chi connectivity index (χ0v) is 52.5. The number of nitrogens with zero attached hydrogens (tertiary/aromatic N) is 2. The minimum atomic E-state index is -0.716. The van der Waals surface area contributed by atoms with Crippen LogP contribution < -0.4 is 49.1 Å². The van der Waals surface area contributed by atoms with E-state index in [9.17, 15) is 9.59 Å². The van der Waals surface area contributed by atoms with Crippen molar-refractivity contribution in [2.75, 3.05) is 85.5 Å². The molecule has 7 aromatic carbocycles. The molecule has 11 rings (SSSR count). The van der Waals surface area contributed by atoms with Crippen LogP contribution in [0.3, 0.4) is 0 Å². The van der Waals surface area contributed by atoms with Crippen molar-refractivity contribution in [3.05, 3.63) is 204 Å². The molecular formula is C73H91N10O4+. The minimum absolute atomic E-state index is 0.0135. The van der Waals surface area contributed by atoms with Gasteiger partial charge in [0.25, 0.3) is 0 Å². The molecule has 4 aliphatic rings. The summed E-state index contributed by atoms with van der Waals surface area (Å²) in [4.78, 5) is 28.1. The van der Waals surface area contributed by atoms with Crippen LogP contribution in [0, 0.1) is 0 Å². The van der Waals surface area contributed by atoms with Gasteiger partial charge in [0.1, 0.15) is 18.8 Å². The Balaban J connectivity index is 0.000000372. The van der Waals surface area contributed by atoms with Gasteiger partial charge in [-0.15, -0.1) is 0 Å². The van der Waals surface area contributed by atoms with Gasteiger partial charge in [-0.2, -0.15) is 4.58 Å². The number of nitrogen functional groups attached to an aromatic ring is 4. The lowest BCUT2D eigenvalue weighted by Crippen LogP contribution is -2.49. The van der Waals surface area contributed by atoms with Crippen LogP contribution in [-0.4, -0.2) is 74.8 Å². The summed E-state index contributed by atoms with van der Waals surface area (Å²) in [5, 5.41) is 17.9. The lowest BCUT2D eigenvalue weighted by Gasteiger charge is -2.38. The van der Waals surface area contributed by atoms with Crippen molar-refractivity contribution in [1.82, 2.24) is 10.6 Å². The predicted molar refractivity (Wildman–Crippen MR) is 365 cm³/mol. The van der Waals surface area contributed by atoms with Crippen molar-refractivity contribution in [1.29, 1.82) is 0 Å². The number of rotatable bonds is 16. The number of ether oxygens (including phenoxy) is 2. The van der Waals surface area contributed by atoms with Crippen LogP contribution in [-0.2, 0) is 29.9 Å². The smallest absolute Gasteiger partial charge is 0.306 e. The Morgan fingerprint density at radius 2 is 1.24 bits per heavy atom. The summed E-state index contributed by atoms with van der Waals surface area (Å²) in [6, 6.07) is 48.4. The van der Waals surface area contributed by atoms with E-state index in [1.165, 1.54) is 50.8 Å². The molecule has 1 amide bonds. The SMILES string of the molecule is CCN1/C(=C/C=C2\CCCC(/C=C/C3=[N+](CC)c4ccccc4C3(C)C)=C2NCCCCNC(=O)CCC(=O)OCC2(C)Nc3cccc4c(N)ccc(c34)N2)C(C)(C)c2ccccc21.COC.Nc1ccc(N)c2ccccc12.Nc1ccccc1. The van der Waals surface area contributed by atoms with Crippen LogP contribution >= 0.6 is 0 Å². The standard InChI is InChI=1S/C55H67N7O3.C10H10N2.C6H7N.C2H6O/c1-8-61-45-24-12-10-21-40(45)53(3,4)47(61)30-26-37-18-16-19-38(27-31-48-54(5,6)41-22-11-13-25-46(41)62(48)9-2)52(37)58-35-15-14-34-57-49(63)32-33-50(64)65-36-55(7)59-43-23-17-20-39-42(56)28-29-44(60-55)51(39)43;11-9-5-6-10(12)8-4-2-1-3-7(8)9;7-6-4-2-1-3-5-6;1-3-2/h10-13,17,20-31,59-60H,8-9,14-16,18-19,32-36,56H2,1-7H3,(H,57,63);1-6H,11-12H2;1-5H,7H2;1-2H3/p+1/b37-26+,47-30+;;;. The molecule has 0 saturated heterocycles. The van der Waals surface area contributed by atoms with E-state index in [-0.39, 0.29) is 36.2 Å². The fourth-order valence-electron chi connectivity index (χ4n) is 12.2. The summed E-state index contributed by atoms with van der Waals surface area (Å²) in [6.07, 6.45) is 14.3. The Hall–Kier alpha value is -9.01. The van der Waals surface area contributed by atoms with Gasteiger partial charge >= 0.3 is 5.97 Å². The Morgan fingerprint density at radius 1 is 0.644 bits per heavy atom. The van der Waals surface area contributed by atoms with Crippen molar-refractivity contribution in [3.63, 3.8) is 0 Å². The Bertz CT molecular complexity index is 3680. The molecule has 14 nitrogen and oxygen atoms in total. The molecular weight excluding hydrogens is 1080 g/mol. The molecule has 0 spiro atoms. The lowest BCUT2D eigenvalue weighted by atomic mass is 9.81. The van der Waals surface area contributed by atoms with E-state index >= 15 is 0 Å².